The van der Waals surface area contributed by atoms with Crippen LogP contribution in [0.4, 0.5) is 5.69 Å². The summed E-state index contributed by atoms with van der Waals surface area (Å²) >= 11 is 15.9. The lowest BCUT2D eigenvalue weighted by Gasteiger charge is -2.37. The Kier molecular flexibility index (Phi) is 5.31. The van der Waals surface area contributed by atoms with Crippen LogP contribution in [0.5, 0.6) is 0 Å². The zero-order chi connectivity index (χ0) is 19.8. The smallest absolute Gasteiger partial charge is 0.257 e. The summed E-state index contributed by atoms with van der Waals surface area (Å²) in [5, 5.41) is 8.93. The molecule has 1 amide bonds. The van der Waals surface area contributed by atoms with Crippen molar-refractivity contribution in [1.29, 1.82) is 0 Å². The van der Waals surface area contributed by atoms with E-state index in [2.05, 4.69) is 31.3 Å². The van der Waals surface area contributed by atoms with Crippen LogP contribution in [0, 0.1) is 0 Å². The third-order valence-electron chi connectivity index (χ3n) is 4.47. The molecule has 0 bridgehead atoms. The number of anilines is 1. The number of carbonyl (C=O) groups is 1. The topological polar surface area (TPSA) is 63.1 Å². The highest BCUT2D eigenvalue weighted by molar-refractivity contribution is 9.10. The van der Waals surface area contributed by atoms with Gasteiger partial charge in [0.05, 0.1) is 16.3 Å². The molecule has 3 heterocycles. The Morgan fingerprint density at radius 1 is 1.25 bits per heavy atom. The molecule has 144 valence electrons. The van der Waals surface area contributed by atoms with Gasteiger partial charge in [-0.25, -0.2) is 9.67 Å². The van der Waals surface area contributed by atoms with Gasteiger partial charge >= 0.3 is 0 Å². The van der Waals surface area contributed by atoms with E-state index in [4.69, 9.17) is 23.2 Å². The average molecular weight is 481 g/mol. The fourth-order valence-corrected chi connectivity index (χ4v) is 4.05. The van der Waals surface area contributed by atoms with Crippen molar-refractivity contribution in [3.8, 4) is 5.82 Å². The molecule has 3 aromatic rings. The third kappa shape index (κ3) is 3.38. The van der Waals surface area contributed by atoms with Crippen LogP contribution in [0.15, 0.2) is 47.2 Å². The zero-order valence-corrected chi connectivity index (χ0v) is 18.0. The van der Waals surface area contributed by atoms with Crippen molar-refractivity contribution in [2.45, 2.75) is 19.5 Å². The zero-order valence-electron chi connectivity index (χ0n) is 14.9. The van der Waals surface area contributed by atoms with Gasteiger partial charge in [0.25, 0.3) is 5.91 Å². The molecule has 0 saturated heterocycles. The number of nitrogens with one attached hydrogen (secondary N) is 1. The van der Waals surface area contributed by atoms with Gasteiger partial charge in [0.1, 0.15) is 10.8 Å². The van der Waals surface area contributed by atoms with Gasteiger partial charge in [0.2, 0.25) is 0 Å². The van der Waals surface area contributed by atoms with E-state index in [1.54, 1.807) is 40.0 Å². The monoisotopic (exact) mass is 479 g/mol. The number of hydrogen-bond donors (Lipinski definition) is 1. The first-order valence-corrected chi connectivity index (χ1v) is 10.3. The Labute approximate surface area is 180 Å². The molecule has 0 fully saturated rings. The molecule has 1 atom stereocenters. The van der Waals surface area contributed by atoms with Gasteiger partial charge in [-0.1, -0.05) is 30.1 Å². The van der Waals surface area contributed by atoms with E-state index in [0.717, 1.165) is 17.8 Å². The molecule has 1 aromatic carbocycles. The normalized spacial score (nSPS) is 16.1. The molecule has 0 saturated carbocycles. The van der Waals surface area contributed by atoms with Crippen LogP contribution in [0.1, 0.15) is 35.6 Å². The summed E-state index contributed by atoms with van der Waals surface area (Å²) in [7, 11) is 0. The molecular weight excluding hydrogens is 465 g/mol. The Morgan fingerprint density at radius 2 is 2.07 bits per heavy atom. The van der Waals surface area contributed by atoms with Gasteiger partial charge in [-0.05, 0) is 58.7 Å². The van der Waals surface area contributed by atoms with Gasteiger partial charge in [0, 0.05) is 23.5 Å². The molecule has 2 aromatic heterocycles. The van der Waals surface area contributed by atoms with Gasteiger partial charge in [-0.15, -0.1) is 0 Å². The Bertz CT molecular complexity index is 1050. The first-order valence-electron chi connectivity index (χ1n) is 8.73. The van der Waals surface area contributed by atoms with E-state index >= 15 is 0 Å². The van der Waals surface area contributed by atoms with Gasteiger partial charge < -0.3 is 10.2 Å². The molecule has 1 N–H and O–H groups in total. The van der Waals surface area contributed by atoms with Crippen LogP contribution in [-0.2, 0) is 0 Å². The van der Waals surface area contributed by atoms with Crippen molar-refractivity contribution >= 4 is 50.7 Å². The fraction of sp³-hybridized carbons (Fsp3) is 0.211. The molecular formula is C19H16BrCl2N5O. The molecule has 6 nitrogen and oxygen atoms in total. The first kappa shape index (κ1) is 19.2. The maximum atomic E-state index is 13.2. The van der Waals surface area contributed by atoms with E-state index in [1.165, 1.54) is 0 Å². The highest BCUT2D eigenvalue weighted by Crippen LogP contribution is 2.36. The van der Waals surface area contributed by atoms with Crippen LogP contribution in [-0.4, -0.2) is 32.1 Å². The maximum Gasteiger partial charge on any atom is 0.257 e. The molecule has 1 unspecified atom stereocenters. The van der Waals surface area contributed by atoms with Gasteiger partial charge in [0.15, 0.2) is 5.82 Å². The number of halogens is 3. The van der Waals surface area contributed by atoms with E-state index < -0.39 is 6.17 Å². The highest BCUT2D eigenvalue weighted by Gasteiger charge is 2.35. The summed E-state index contributed by atoms with van der Waals surface area (Å²) in [6, 6.07) is 10.6. The van der Waals surface area contributed by atoms with Gasteiger partial charge in [-0.2, -0.15) is 5.10 Å². The minimum absolute atomic E-state index is 0.0842. The summed E-state index contributed by atoms with van der Waals surface area (Å²) in [4.78, 5) is 19.3. The predicted octanol–water partition coefficient (Wildman–Crippen LogP) is 5.31. The van der Waals surface area contributed by atoms with Crippen molar-refractivity contribution in [2.24, 2.45) is 0 Å². The van der Waals surface area contributed by atoms with Crippen LogP contribution < -0.4 is 5.32 Å². The second kappa shape index (κ2) is 7.73. The molecule has 28 heavy (non-hydrogen) atoms. The predicted molar refractivity (Wildman–Crippen MR) is 113 cm³/mol. The minimum atomic E-state index is -0.432. The van der Waals surface area contributed by atoms with E-state index in [0.29, 0.717) is 32.6 Å². The summed E-state index contributed by atoms with van der Waals surface area (Å²) in [6.45, 7) is 2.60. The number of nitrogens with zero attached hydrogens (tertiary/aromatic N) is 4. The summed E-state index contributed by atoms with van der Waals surface area (Å²) in [5.41, 5.74) is 2.02. The lowest BCUT2D eigenvalue weighted by Crippen LogP contribution is -2.44. The molecule has 0 radical (unpaired) electrons. The average Bonchev–Trinajstić information content (AvgIpc) is 3.06. The fourth-order valence-electron chi connectivity index (χ4n) is 3.28. The quantitative estimate of drug-likeness (QED) is 0.549. The minimum Gasteiger partial charge on any atom is -0.359 e. The second-order valence-corrected chi connectivity index (χ2v) is 8.00. The Hall–Kier alpha value is -2.09. The SMILES string of the molecule is CCCN1C(=O)c2cc(Cl)ccc2NC1c1cc(Br)nn1-c1ncccc1Cl. The van der Waals surface area contributed by atoms with Crippen LogP contribution >= 0.6 is 39.1 Å². The number of benzene rings is 1. The summed E-state index contributed by atoms with van der Waals surface area (Å²) in [5.74, 6) is 0.413. The lowest BCUT2D eigenvalue weighted by molar-refractivity contribution is 0.0677. The first-order chi connectivity index (χ1) is 13.5. The Morgan fingerprint density at radius 3 is 2.82 bits per heavy atom. The van der Waals surface area contributed by atoms with E-state index in [-0.39, 0.29) is 5.91 Å². The summed E-state index contributed by atoms with van der Waals surface area (Å²) in [6.07, 6.45) is 2.03. The Balaban J connectivity index is 1.85. The van der Waals surface area contributed by atoms with Crippen molar-refractivity contribution in [2.75, 3.05) is 11.9 Å². The number of hydrogen-bond acceptors (Lipinski definition) is 4. The number of amides is 1. The van der Waals surface area contributed by atoms with Crippen molar-refractivity contribution in [1.82, 2.24) is 19.7 Å². The molecule has 1 aliphatic heterocycles. The lowest BCUT2D eigenvalue weighted by atomic mass is 10.1. The van der Waals surface area contributed by atoms with Crippen molar-refractivity contribution in [3.05, 3.63) is 68.5 Å². The molecule has 9 heteroatoms. The van der Waals surface area contributed by atoms with E-state index in [9.17, 15) is 4.79 Å². The van der Waals surface area contributed by atoms with Crippen molar-refractivity contribution < 1.29 is 4.79 Å². The molecule has 4 rings (SSSR count). The van der Waals surface area contributed by atoms with Gasteiger partial charge in [-0.3, -0.25) is 4.79 Å². The standard InChI is InChI=1S/C19H16BrCl2N5O/c1-2-8-26-18(24-14-6-5-11(21)9-12(14)19(26)28)15-10-16(20)25-27(15)17-13(22)4-3-7-23-17/h3-7,9-10,18,24H,2,8H2,1H3. The van der Waals surface area contributed by atoms with E-state index in [1.807, 2.05) is 19.1 Å². The highest BCUT2D eigenvalue weighted by atomic mass is 79.9. The summed E-state index contributed by atoms with van der Waals surface area (Å²) < 4.78 is 2.28. The second-order valence-electron chi connectivity index (χ2n) is 6.35. The third-order valence-corrected chi connectivity index (χ3v) is 5.39. The molecule has 0 aliphatic carbocycles. The number of pyridine rings is 1. The number of aromatic nitrogens is 3. The van der Waals surface area contributed by atoms with Crippen LogP contribution in [0.2, 0.25) is 10.0 Å². The molecule has 0 spiro atoms. The van der Waals surface area contributed by atoms with Crippen LogP contribution in [0.3, 0.4) is 0 Å². The maximum absolute atomic E-state index is 13.2. The number of fused-ring (bicyclic) bond motifs is 1. The number of rotatable bonds is 4. The van der Waals surface area contributed by atoms with Crippen LogP contribution in [0.25, 0.3) is 5.82 Å². The molecule has 1 aliphatic rings. The number of carbonyl (C=O) groups excluding carboxylic acids is 1. The largest absolute Gasteiger partial charge is 0.359 e. The van der Waals surface area contributed by atoms with Crippen molar-refractivity contribution in [3.63, 3.8) is 0 Å².